The van der Waals surface area contributed by atoms with Crippen LogP contribution in [0.1, 0.15) is 17.5 Å². The highest BCUT2D eigenvalue weighted by Crippen LogP contribution is 2.21. The van der Waals surface area contributed by atoms with Crippen LogP contribution in [0.2, 0.25) is 0 Å². The first kappa shape index (κ1) is 14.6. The number of thiophene rings is 1. The summed E-state index contributed by atoms with van der Waals surface area (Å²) in [7, 11) is 1.72. The molecule has 0 spiro atoms. The number of alkyl halides is 1. The summed E-state index contributed by atoms with van der Waals surface area (Å²) in [6, 6.07) is 10.6. The van der Waals surface area contributed by atoms with Crippen molar-refractivity contribution in [3.63, 3.8) is 0 Å². The van der Waals surface area contributed by atoms with Crippen molar-refractivity contribution in [2.75, 3.05) is 12.4 Å². The second kappa shape index (κ2) is 7.71. The molecule has 1 atom stereocenters. The molecule has 1 unspecified atom stereocenters. The molecule has 0 radical (unpaired) electrons. The van der Waals surface area contributed by atoms with Gasteiger partial charge in [0.2, 0.25) is 0 Å². The Morgan fingerprint density at radius 2 is 2.16 bits per heavy atom. The van der Waals surface area contributed by atoms with Crippen LogP contribution in [0, 0.1) is 5.92 Å². The Labute approximate surface area is 127 Å². The van der Waals surface area contributed by atoms with Crippen LogP contribution < -0.4 is 4.74 Å². The van der Waals surface area contributed by atoms with Gasteiger partial charge in [-0.25, -0.2) is 0 Å². The van der Waals surface area contributed by atoms with E-state index in [2.05, 4.69) is 51.0 Å². The summed E-state index contributed by atoms with van der Waals surface area (Å²) in [5.41, 5.74) is 2.82. The standard InChI is InChI=1S/C16H19BrOS/c1-18-16-4-2-3-14(10-16)9-15(11-17)6-5-13-7-8-19-12-13/h2-4,7-8,10,12,15H,5-6,9,11H2,1H3. The zero-order valence-corrected chi connectivity index (χ0v) is 13.5. The molecule has 0 aliphatic heterocycles. The minimum Gasteiger partial charge on any atom is -0.497 e. The molecule has 0 amide bonds. The van der Waals surface area contributed by atoms with Gasteiger partial charge in [-0.15, -0.1) is 0 Å². The Hall–Kier alpha value is -0.800. The second-order valence-electron chi connectivity index (χ2n) is 4.75. The van der Waals surface area contributed by atoms with Gasteiger partial charge in [-0.2, -0.15) is 11.3 Å². The Morgan fingerprint density at radius 3 is 2.84 bits per heavy atom. The van der Waals surface area contributed by atoms with Gasteiger partial charge in [0.05, 0.1) is 7.11 Å². The van der Waals surface area contributed by atoms with Crippen molar-refractivity contribution in [1.29, 1.82) is 0 Å². The van der Waals surface area contributed by atoms with Crippen molar-refractivity contribution in [2.45, 2.75) is 19.3 Å². The predicted octanol–water partition coefficient (Wildman–Crippen LogP) is 4.94. The van der Waals surface area contributed by atoms with Crippen LogP contribution in [0.4, 0.5) is 0 Å². The van der Waals surface area contributed by atoms with Crippen LogP contribution in [-0.4, -0.2) is 12.4 Å². The fraction of sp³-hybridized carbons (Fsp3) is 0.375. The van der Waals surface area contributed by atoms with Crippen molar-refractivity contribution in [2.24, 2.45) is 5.92 Å². The van der Waals surface area contributed by atoms with Crippen LogP contribution in [0.15, 0.2) is 41.1 Å². The Morgan fingerprint density at radius 1 is 1.26 bits per heavy atom. The molecule has 0 aliphatic carbocycles. The maximum absolute atomic E-state index is 5.28. The van der Waals surface area contributed by atoms with Crippen molar-refractivity contribution < 1.29 is 4.74 Å². The number of ether oxygens (including phenoxy) is 1. The lowest BCUT2D eigenvalue weighted by Gasteiger charge is -2.14. The smallest absolute Gasteiger partial charge is 0.119 e. The molecule has 0 fully saturated rings. The highest BCUT2D eigenvalue weighted by atomic mass is 79.9. The maximum Gasteiger partial charge on any atom is 0.119 e. The van der Waals surface area contributed by atoms with Gasteiger partial charge >= 0.3 is 0 Å². The van der Waals surface area contributed by atoms with Crippen LogP contribution >= 0.6 is 27.3 Å². The molecular weight excluding hydrogens is 320 g/mol. The molecule has 1 aromatic carbocycles. The lowest BCUT2D eigenvalue weighted by Crippen LogP contribution is -2.07. The van der Waals surface area contributed by atoms with Crippen molar-refractivity contribution >= 4 is 27.3 Å². The average Bonchev–Trinajstić information content (AvgIpc) is 2.97. The van der Waals surface area contributed by atoms with Crippen LogP contribution in [0.5, 0.6) is 5.75 Å². The van der Waals surface area contributed by atoms with E-state index >= 15 is 0 Å². The zero-order valence-electron chi connectivity index (χ0n) is 11.1. The molecule has 19 heavy (non-hydrogen) atoms. The summed E-state index contributed by atoms with van der Waals surface area (Å²) < 4.78 is 5.28. The van der Waals surface area contributed by atoms with E-state index in [0.29, 0.717) is 5.92 Å². The number of aryl methyl sites for hydroxylation is 1. The predicted molar refractivity (Wildman–Crippen MR) is 86.6 cm³/mol. The Kier molecular flexibility index (Phi) is 5.93. The van der Waals surface area contributed by atoms with Crippen molar-refractivity contribution in [3.8, 4) is 5.75 Å². The summed E-state index contributed by atoms with van der Waals surface area (Å²) in [6.45, 7) is 0. The Balaban J connectivity index is 1.90. The maximum atomic E-state index is 5.28. The van der Waals surface area contributed by atoms with E-state index in [9.17, 15) is 0 Å². The number of halogens is 1. The lowest BCUT2D eigenvalue weighted by molar-refractivity contribution is 0.413. The quantitative estimate of drug-likeness (QED) is 0.649. The molecule has 2 rings (SSSR count). The monoisotopic (exact) mass is 338 g/mol. The first-order valence-corrected chi connectivity index (χ1v) is 8.58. The molecule has 0 aliphatic rings. The molecule has 0 N–H and O–H groups in total. The van der Waals surface area contributed by atoms with Gasteiger partial charge in [0.15, 0.2) is 0 Å². The van der Waals surface area contributed by atoms with Gasteiger partial charge in [0.1, 0.15) is 5.75 Å². The summed E-state index contributed by atoms with van der Waals surface area (Å²) in [5.74, 6) is 1.62. The average molecular weight is 339 g/mol. The number of hydrogen-bond donors (Lipinski definition) is 0. The lowest BCUT2D eigenvalue weighted by atomic mass is 9.95. The normalized spacial score (nSPS) is 12.3. The second-order valence-corrected chi connectivity index (χ2v) is 6.17. The van der Waals surface area contributed by atoms with Gasteiger partial charge < -0.3 is 4.74 Å². The van der Waals surface area contributed by atoms with Crippen molar-refractivity contribution in [3.05, 3.63) is 52.2 Å². The molecule has 0 saturated heterocycles. The van der Waals surface area contributed by atoms with Crippen molar-refractivity contribution in [1.82, 2.24) is 0 Å². The number of hydrogen-bond acceptors (Lipinski definition) is 2. The third-order valence-corrected chi connectivity index (χ3v) is 4.95. The van der Waals surface area contributed by atoms with Crippen LogP contribution in [0.3, 0.4) is 0 Å². The van der Waals surface area contributed by atoms with Gasteiger partial charge in [-0.1, -0.05) is 28.1 Å². The third kappa shape index (κ3) is 4.66. The summed E-state index contributed by atoms with van der Waals surface area (Å²) in [4.78, 5) is 0. The number of methoxy groups -OCH3 is 1. The fourth-order valence-electron chi connectivity index (χ4n) is 2.17. The molecule has 1 aromatic heterocycles. The number of rotatable bonds is 7. The molecule has 102 valence electrons. The fourth-order valence-corrected chi connectivity index (χ4v) is 3.43. The van der Waals surface area contributed by atoms with E-state index in [0.717, 1.165) is 17.5 Å². The minimum absolute atomic E-state index is 0.673. The van der Waals surface area contributed by atoms with E-state index in [1.54, 1.807) is 18.4 Å². The van der Waals surface area contributed by atoms with Gasteiger partial charge in [-0.05, 0) is 65.3 Å². The van der Waals surface area contributed by atoms with Gasteiger partial charge in [0, 0.05) is 5.33 Å². The molecule has 1 nitrogen and oxygen atoms in total. The largest absolute Gasteiger partial charge is 0.497 e. The first-order valence-electron chi connectivity index (χ1n) is 6.51. The molecular formula is C16H19BrOS. The highest BCUT2D eigenvalue weighted by Gasteiger charge is 2.09. The summed E-state index contributed by atoms with van der Waals surface area (Å²) in [6.07, 6.45) is 3.50. The Bertz CT molecular complexity index is 481. The molecule has 1 heterocycles. The van der Waals surface area contributed by atoms with E-state index in [4.69, 9.17) is 4.74 Å². The van der Waals surface area contributed by atoms with Crippen LogP contribution in [-0.2, 0) is 12.8 Å². The summed E-state index contributed by atoms with van der Waals surface area (Å²) >= 11 is 5.42. The summed E-state index contributed by atoms with van der Waals surface area (Å²) in [5, 5.41) is 5.45. The van der Waals surface area contributed by atoms with E-state index in [-0.39, 0.29) is 0 Å². The SMILES string of the molecule is COc1cccc(CC(CBr)CCc2ccsc2)c1. The third-order valence-electron chi connectivity index (χ3n) is 3.30. The van der Waals surface area contributed by atoms with Gasteiger partial charge in [0.25, 0.3) is 0 Å². The first-order chi connectivity index (χ1) is 9.31. The number of benzene rings is 1. The van der Waals surface area contributed by atoms with E-state index in [1.165, 1.54) is 24.0 Å². The molecule has 0 saturated carbocycles. The van der Waals surface area contributed by atoms with Gasteiger partial charge in [-0.3, -0.25) is 0 Å². The molecule has 3 heteroatoms. The topological polar surface area (TPSA) is 9.23 Å². The molecule has 2 aromatic rings. The van der Waals surface area contributed by atoms with Crippen LogP contribution in [0.25, 0.3) is 0 Å². The highest BCUT2D eigenvalue weighted by molar-refractivity contribution is 9.09. The minimum atomic E-state index is 0.673. The van der Waals surface area contributed by atoms with E-state index < -0.39 is 0 Å². The zero-order chi connectivity index (χ0) is 13.5. The molecule has 0 bridgehead atoms. The van der Waals surface area contributed by atoms with E-state index in [1.807, 2.05) is 6.07 Å².